The Bertz CT molecular complexity index is 2280. The number of anilines is 4. The molecule has 5 heterocycles. The predicted molar refractivity (Wildman–Crippen MR) is 224 cm³/mol. The molecule has 1 aliphatic heterocycles. The number of likely N-dealkylation sites (N-methyl/N-ethyl adjacent to an activating group) is 1. The molecule has 4 bridgehead atoms. The van der Waals surface area contributed by atoms with Crippen LogP contribution < -0.4 is 10.2 Å². The van der Waals surface area contributed by atoms with Crippen molar-refractivity contribution in [1.29, 1.82) is 0 Å². The number of carboxylic acid groups (broad SMARTS) is 1. The molecule has 1 saturated heterocycles. The fraction of sp³-hybridized carbons (Fsp3) is 0.535. The van der Waals surface area contributed by atoms with Gasteiger partial charge in [-0.25, -0.2) is 14.8 Å². The van der Waals surface area contributed by atoms with Crippen LogP contribution in [0, 0.1) is 30.1 Å². The van der Waals surface area contributed by atoms with E-state index in [1.165, 1.54) is 6.42 Å². The quantitative estimate of drug-likeness (QED) is 0.129. The molecule has 4 aliphatic carbocycles. The minimum atomic E-state index is -1.09. The van der Waals surface area contributed by atoms with Crippen molar-refractivity contribution in [1.82, 2.24) is 39.7 Å². The summed E-state index contributed by atoms with van der Waals surface area (Å²) in [6, 6.07) is 13.6. The lowest BCUT2D eigenvalue weighted by atomic mass is 9.39. The molecule has 5 aromatic rings. The number of fused-ring (bicyclic) bond motifs is 1. The van der Waals surface area contributed by atoms with Gasteiger partial charge in [0, 0.05) is 63.1 Å². The standard InChI is InChI=1S/C43H54N10O3S/c1-28-19-35(48-49-37(28)47-39-45-32-9-7-8-10-33(32)57-39)51(6)34-12-11-30(36(46-34)38(54)55)31-20-44-53(29(31)2)27-42-22-40(3)21-41(4,23-42)25-43(24-40,26-42)56-18-17-52-15-13-50(5)14-16-52/h7-12,19-20H,13-18,21-27H2,1-6H3,(H,54,55)(H,45,47,49). The summed E-state index contributed by atoms with van der Waals surface area (Å²) in [6.07, 6.45) is 8.71. The van der Waals surface area contributed by atoms with E-state index in [1.807, 2.05) is 62.6 Å². The number of hydrogen-bond acceptors (Lipinski definition) is 12. The molecule has 2 unspecified atom stereocenters. The number of nitrogens with one attached hydrogen (secondary N) is 1. The van der Waals surface area contributed by atoms with E-state index in [2.05, 4.69) is 67.8 Å². The first kappa shape index (κ1) is 38.0. The van der Waals surface area contributed by atoms with Crippen molar-refractivity contribution in [2.45, 2.75) is 78.4 Å². The van der Waals surface area contributed by atoms with Gasteiger partial charge in [0.05, 0.1) is 28.6 Å². The molecule has 300 valence electrons. The number of nitrogens with zero attached hydrogens (tertiary/aromatic N) is 9. The number of aromatic nitrogens is 6. The molecule has 4 saturated carbocycles. The molecule has 2 N–H and O–H groups in total. The first-order valence-electron chi connectivity index (χ1n) is 20.2. The number of aromatic carboxylic acids is 1. The number of rotatable bonds is 12. The number of para-hydroxylation sites is 1. The summed E-state index contributed by atoms with van der Waals surface area (Å²) in [4.78, 5) is 28.8. The maximum atomic E-state index is 12.8. The minimum Gasteiger partial charge on any atom is -0.476 e. The highest BCUT2D eigenvalue weighted by atomic mass is 32.1. The lowest BCUT2D eigenvalue weighted by molar-refractivity contribution is -0.249. The van der Waals surface area contributed by atoms with Gasteiger partial charge in [0.25, 0.3) is 0 Å². The van der Waals surface area contributed by atoms with Gasteiger partial charge in [-0.2, -0.15) is 5.10 Å². The lowest BCUT2D eigenvalue weighted by Crippen LogP contribution is -2.64. The normalized spacial score (nSPS) is 27.3. The number of pyridine rings is 1. The first-order chi connectivity index (χ1) is 27.2. The van der Waals surface area contributed by atoms with E-state index in [9.17, 15) is 9.90 Å². The lowest BCUT2D eigenvalue weighted by Gasteiger charge is -2.69. The van der Waals surface area contributed by atoms with Crippen molar-refractivity contribution in [3.8, 4) is 11.1 Å². The van der Waals surface area contributed by atoms with Crippen LogP contribution in [0.15, 0.2) is 48.7 Å². The summed E-state index contributed by atoms with van der Waals surface area (Å²) in [5.74, 6) is 0.508. The Balaban J connectivity index is 0.925. The average Bonchev–Trinajstić information content (AvgIpc) is 3.73. The highest BCUT2D eigenvalue weighted by molar-refractivity contribution is 7.22. The SMILES string of the molecule is Cc1cc(N(C)c2ccc(-c3cnn(CC45CC6(C)CC(C)(C4)CC(OCCN4CCN(C)CC4)(C6)C5)c3C)c(C(=O)O)n2)nnc1Nc1nc2ccccc2s1. The molecule has 57 heavy (non-hydrogen) atoms. The van der Waals surface area contributed by atoms with Crippen LogP contribution in [0.25, 0.3) is 21.3 Å². The second-order valence-electron chi connectivity index (χ2n) is 18.4. The third-order valence-corrected chi connectivity index (χ3v) is 14.2. The van der Waals surface area contributed by atoms with Crippen LogP contribution in [0.4, 0.5) is 22.6 Å². The topological polar surface area (TPSA) is 138 Å². The average molecular weight is 791 g/mol. The van der Waals surface area contributed by atoms with E-state index >= 15 is 0 Å². The van der Waals surface area contributed by atoms with Gasteiger partial charge in [-0.15, -0.1) is 10.2 Å². The summed E-state index contributed by atoms with van der Waals surface area (Å²) in [5.41, 5.74) is 4.50. The summed E-state index contributed by atoms with van der Waals surface area (Å²) in [7, 11) is 4.02. The zero-order chi connectivity index (χ0) is 39.7. The minimum absolute atomic E-state index is 0.0247. The predicted octanol–water partition coefficient (Wildman–Crippen LogP) is 7.55. The summed E-state index contributed by atoms with van der Waals surface area (Å²) >= 11 is 1.55. The molecule has 13 nitrogen and oxygen atoms in total. The second-order valence-corrected chi connectivity index (χ2v) is 19.5. The van der Waals surface area contributed by atoms with Gasteiger partial charge >= 0.3 is 5.97 Å². The van der Waals surface area contributed by atoms with E-state index < -0.39 is 5.97 Å². The van der Waals surface area contributed by atoms with Crippen molar-refractivity contribution in [3.05, 3.63) is 65.6 Å². The number of ether oxygens (including phenoxy) is 1. The van der Waals surface area contributed by atoms with E-state index in [-0.39, 0.29) is 27.5 Å². The Labute approximate surface area is 338 Å². The third-order valence-electron chi connectivity index (χ3n) is 13.2. The highest BCUT2D eigenvalue weighted by Crippen LogP contribution is 2.72. The Kier molecular flexibility index (Phi) is 9.41. The molecule has 0 amide bonds. The highest BCUT2D eigenvalue weighted by Gasteiger charge is 2.66. The largest absolute Gasteiger partial charge is 0.476 e. The number of carbonyl (C=O) groups is 1. The Hall–Kier alpha value is -4.50. The molecular formula is C43H54N10O3S. The van der Waals surface area contributed by atoms with Gasteiger partial charge in [0.2, 0.25) is 0 Å². The van der Waals surface area contributed by atoms with Crippen molar-refractivity contribution < 1.29 is 14.6 Å². The van der Waals surface area contributed by atoms with Crippen LogP contribution in [-0.2, 0) is 11.3 Å². The van der Waals surface area contributed by atoms with Gasteiger partial charge in [-0.1, -0.05) is 37.3 Å². The Morgan fingerprint density at radius 1 is 0.930 bits per heavy atom. The zero-order valence-electron chi connectivity index (χ0n) is 34.0. The second kappa shape index (κ2) is 14.1. The van der Waals surface area contributed by atoms with Gasteiger partial charge in [0.1, 0.15) is 5.82 Å². The molecule has 0 radical (unpaired) electrons. The first-order valence-corrected chi connectivity index (χ1v) is 21.1. The third kappa shape index (κ3) is 7.30. The van der Waals surface area contributed by atoms with E-state index in [1.54, 1.807) is 16.2 Å². The molecule has 14 heteroatoms. The monoisotopic (exact) mass is 790 g/mol. The van der Waals surface area contributed by atoms with E-state index in [4.69, 9.17) is 9.84 Å². The summed E-state index contributed by atoms with van der Waals surface area (Å²) in [6.45, 7) is 16.0. The molecule has 0 spiro atoms. The van der Waals surface area contributed by atoms with Crippen molar-refractivity contribution >= 4 is 50.1 Å². The van der Waals surface area contributed by atoms with Crippen LogP contribution >= 0.6 is 11.3 Å². The zero-order valence-corrected chi connectivity index (χ0v) is 34.8. The van der Waals surface area contributed by atoms with Crippen LogP contribution in [0.1, 0.15) is 74.1 Å². The number of carboxylic acids is 1. The molecule has 10 rings (SSSR count). The van der Waals surface area contributed by atoms with Gasteiger partial charge in [0.15, 0.2) is 22.5 Å². The number of piperazine rings is 1. The summed E-state index contributed by atoms with van der Waals surface area (Å²) < 4.78 is 10.3. The fourth-order valence-corrected chi connectivity index (χ4v) is 12.6. The van der Waals surface area contributed by atoms with Crippen molar-refractivity contribution in [2.24, 2.45) is 16.2 Å². The number of thiazole rings is 1. The van der Waals surface area contributed by atoms with Gasteiger partial charge < -0.3 is 25.0 Å². The molecular weight excluding hydrogens is 737 g/mol. The van der Waals surface area contributed by atoms with E-state index in [0.29, 0.717) is 23.0 Å². The Morgan fingerprint density at radius 2 is 1.68 bits per heavy atom. The summed E-state index contributed by atoms with van der Waals surface area (Å²) in [5, 5.41) is 28.4. The number of hydrogen-bond donors (Lipinski definition) is 2. The van der Waals surface area contributed by atoms with Crippen LogP contribution in [-0.4, -0.2) is 110 Å². The number of benzene rings is 1. The maximum Gasteiger partial charge on any atom is 0.355 e. The van der Waals surface area contributed by atoms with E-state index in [0.717, 1.165) is 110 Å². The van der Waals surface area contributed by atoms with Crippen molar-refractivity contribution in [2.75, 3.05) is 63.6 Å². The number of aryl methyl sites for hydroxylation is 1. The van der Waals surface area contributed by atoms with Crippen LogP contribution in [0.5, 0.6) is 0 Å². The molecule has 2 atom stereocenters. The molecule has 1 aromatic carbocycles. The smallest absolute Gasteiger partial charge is 0.355 e. The van der Waals surface area contributed by atoms with Gasteiger partial charge in [-0.3, -0.25) is 9.58 Å². The Morgan fingerprint density at radius 3 is 2.40 bits per heavy atom. The van der Waals surface area contributed by atoms with Crippen LogP contribution in [0.2, 0.25) is 0 Å². The van der Waals surface area contributed by atoms with Gasteiger partial charge in [-0.05, 0) is 112 Å². The molecule has 5 fully saturated rings. The van der Waals surface area contributed by atoms with Crippen LogP contribution in [0.3, 0.4) is 0 Å². The fourth-order valence-electron chi connectivity index (χ4n) is 11.7. The molecule has 4 aromatic heterocycles. The maximum absolute atomic E-state index is 12.8. The van der Waals surface area contributed by atoms with Crippen molar-refractivity contribution in [3.63, 3.8) is 0 Å². The molecule has 5 aliphatic rings.